The highest BCUT2D eigenvalue weighted by Gasteiger charge is 2.18. The number of benzene rings is 1. The average Bonchev–Trinajstić information content (AvgIpc) is 2.44. The number of hydrogen-bond donors (Lipinski definition) is 1. The first-order valence-electron chi connectivity index (χ1n) is 5.87. The molecule has 1 heterocycles. The Bertz CT molecular complexity index is 563. The van der Waals surface area contributed by atoms with E-state index in [9.17, 15) is 4.79 Å². The van der Waals surface area contributed by atoms with Crippen molar-refractivity contribution in [3.8, 4) is 0 Å². The third-order valence-electron chi connectivity index (χ3n) is 3.13. The van der Waals surface area contributed by atoms with Crippen LogP contribution in [0.4, 0.5) is 0 Å². The van der Waals surface area contributed by atoms with E-state index < -0.39 is 0 Å². The topological polar surface area (TPSA) is 53.4 Å². The maximum atomic E-state index is 12.3. The molecule has 0 fully saturated rings. The van der Waals surface area contributed by atoms with E-state index in [1.165, 1.54) is 0 Å². The molecule has 1 N–H and O–H groups in total. The third-order valence-corrected chi connectivity index (χ3v) is 3.13. The Balaban J connectivity index is 2.45. The van der Waals surface area contributed by atoms with Crippen LogP contribution in [0.2, 0.25) is 0 Å². The number of aliphatic hydroxyl groups is 1. The smallest absolute Gasteiger partial charge is 0.254 e. The van der Waals surface area contributed by atoms with Gasteiger partial charge in [-0.25, -0.2) is 0 Å². The summed E-state index contributed by atoms with van der Waals surface area (Å²) in [6.45, 7) is 1.76. The van der Waals surface area contributed by atoms with E-state index in [1.807, 2.05) is 24.3 Å². The second-order valence-electron chi connectivity index (χ2n) is 4.32. The molecule has 1 unspecified atom stereocenters. The number of nitrogens with zero attached hydrogens (tertiary/aromatic N) is 2. The number of hydrogen-bond acceptors (Lipinski definition) is 3. The first-order chi connectivity index (χ1) is 8.65. The van der Waals surface area contributed by atoms with Crippen LogP contribution in [0.3, 0.4) is 0 Å². The van der Waals surface area contributed by atoms with Crippen LogP contribution in [0.25, 0.3) is 10.9 Å². The van der Waals surface area contributed by atoms with Gasteiger partial charge in [-0.15, -0.1) is 0 Å². The van der Waals surface area contributed by atoms with Gasteiger partial charge >= 0.3 is 0 Å². The molecule has 0 saturated heterocycles. The molecule has 0 radical (unpaired) electrons. The molecule has 94 valence electrons. The quantitative estimate of drug-likeness (QED) is 0.893. The maximum absolute atomic E-state index is 12.3. The second-order valence-corrected chi connectivity index (χ2v) is 4.32. The molecular formula is C14H16N2O2. The van der Waals surface area contributed by atoms with Crippen molar-refractivity contribution in [3.63, 3.8) is 0 Å². The minimum atomic E-state index is -0.204. The van der Waals surface area contributed by atoms with E-state index in [0.29, 0.717) is 5.56 Å². The maximum Gasteiger partial charge on any atom is 0.254 e. The lowest BCUT2D eigenvalue weighted by Gasteiger charge is -2.23. The van der Waals surface area contributed by atoms with Crippen LogP contribution in [0.1, 0.15) is 17.3 Å². The largest absolute Gasteiger partial charge is 0.394 e. The van der Waals surface area contributed by atoms with Crippen LogP contribution < -0.4 is 0 Å². The number of aromatic nitrogens is 1. The van der Waals surface area contributed by atoms with Gasteiger partial charge in [0.05, 0.1) is 23.7 Å². The summed E-state index contributed by atoms with van der Waals surface area (Å²) in [5.41, 5.74) is 1.41. The van der Waals surface area contributed by atoms with Gasteiger partial charge in [-0.3, -0.25) is 9.78 Å². The molecule has 0 spiro atoms. The molecule has 4 nitrogen and oxygen atoms in total. The van der Waals surface area contributed by atoms with Gasteiger partial charge in [-0.05, 0) is 19.1 Å². The Labute approximate surface area is 106 Å². The number of para-hydroxylation sites is 1. The number of carbonyl (C=O) groups is 1. The highest BCUT2D eigenvalue weighted by Crippen LogP contribution is 2.18. The molecule has 4 heteroatoms. The van der Waals surface area contributed by atoms with E-state index in [0.717, 1.165) is 10.9 Å². The van der Waals surface area contributed by atoms with Crippen LogP contribution in [0.15, 0.2) is 36.5 Å². The molecule has 18 heavy (non-hydrogen) atoms. The second kappa shape index (κ2) is 5.14. The number of pyridine rings is 1. The van der Waals surface area contributed by atoms with Gasteiger partial charge in [0, 0.05) is 18.6 Å². The molecule has 1 aromatic heterocycles. The van der Waals surface area contributed by atoms with Crippen molar-refractivity contribution in [2.75, 3.05) is 13.7 Å². The van der Waals surface area contributed by atoms with Crippen molar-refractivity contribution in [1.82, 2.24) is 9.88 Å². The summed E-state index contributed by atoms with van der Waals surface area (Å²) in [6, 6.07) is 9.05. The fourth-order valence-corrected chi connectivity index (χ4v) is 1.79. The van der Waals surface area contributed by atoms with Crippen LogP contribution in [-0.2, 0) is 0 Å². The third kappa shape index (κ3) is 2.19. The molecule has 0 aliphatic rings. The predicted octanol–water partition coefficient (Wildman–Crippen LogP) is 1.69. The summed E-state index contributed by atoms with van der Waals surface area (Å²) in [5.74, 6) is -0.102. The highest BCUT2D eigenvalue weighted by molar-refractivity contribution is 6.05. The standard InChI is InChI=1S/C14H16N2O2/c1-10(9-17)16(2)14(18)12-7-8-15-13-6-4-3-5-11(12)13/h3-8,10,17H,9H2,1-2H3. The number of rotatable bonds is 3. The van der Waals surface area contributed by atoms with Crippen molar-refractivity contribution in [2.24, 2.45) is 0 Å². The van der Waals surface area contributed by atoms with Crippen LogP contribution in [0, 0.1) is 0 Å². The first-order valence-corrected chi connectivity index (χ1v) is 5.87. The summed E-state index contributed by atoms with van der Waals surface area (Å²) in [7, 11) is 1.69. The minimum Gasteiger partial charge on any atom is -0.394 e. The first kappa shape index (κ1) is 12.5. The Morgan fingerprint density at radius 3 is 2.83 bits per heavy atom. The predicted molar refractivity (Wildman–Crippen MR) is 70.4 cm³/mol. The Morgan fingerprint density at radius 2 is 2.11 bits per heavy atom. The number of aliphatic hydroxyl groups excluding tert-OH is 1. The van der Waals surface area contributed by atoms with Crippen molar-refractivity contribution in [1.29, 1.82) is 0 Å². The van der Waals surface area contributed by atoms with Gasteiger partial charge in [0.2, 0.25) is 0 Å². The highest BCUT2D eigenvalue weighted by atomic mass is 16.3. The number of carbonyl (C=O) groups excluding carboxylic acids is 1. The molecule has 1 atom stereocenters. The molecule has 0 bridgehead atoms. The number of fused-ring (bicyclic) bond motifs is 1. The van der Waals surface area contributed by atoms with E-state index in [2.05, 4.69) is 4.98 Å². The zero-order chi connectivity index (χ0) is 13.1. The SMILES string of the molecule is CC(CO)N(C)C(=O)c1ccnc2ccccc12. The zero-order valence-electron chi connectivity index (χ0n) is 10.5. The lowest BCUT2D eigenvalue weighted by atomic mass is 10.1. The summed E-state index contributed by atoms with van der Waals surface area (Å²) in [6.07, 6.45) is 1.63. The molecule has 2 aromatic rings. The van der Waals surface area contributed by atoms with Crippen molar-refractivity contribution in [2.45, 2.75) is 13.0 Å². The number of likely N-dealkylation sites (N-methyl/N-ethyl adjacent to an activating group) is 1. The minimum absolute atomic E-state index is 0.0503. The van der Waals surface area contributed by atoms with E-state index in [-0.39, 0.29) is 18.6 Å². The van der Waals surface area contributed by atoms with Crippen LogP contribution >= 0.6 is 0 Å². The lowest BCUT2D eigenvalue weighted by Crippen LogP contribution is -2.37. The lowest BCUT2D eigenvalue weighted by molar-refractivity contribution is 0.0684. The zero-order valence-corrected chi connectivity index (χ0v) is 10.5. The number of amides is 1. The monoisotopic (exact) mass is 244 g/mol. The molecule has 1 amide bonds. The van der Waals surface area contributed by atoms with Crippen molar-refractivity contribution in [3.05, 3.63) is 42.1 Å². The molecule has 1 aromatic carbocycles. The van der Waals surface area contributed by atoms with E-state index in [4.69, 9.17) is 5.11 Å². The summed E-state index contributed by atoms with van der Waals surface area (Å²) in [4.78, 5) is 18.1. The molecule has 2 rings (SSSR count). The molecular weight excluding hydrogens is 228 g/mol. The normalized spacial score (nSPS) is 12.4. The Morgan fingerprint density at radius 1 is 1.39 bits per heavy atom. The molecule has 0 aliphatic carbocycles. The van der Waals surface area contributed by atoms with E-state index >= 15 is 0 Å². The van der Waals surface area contributed by atoms with Gasteiger partial charge in [0.1, 0.15) is 0 Å². The Hall–Kier alpha value is -1.94. The summed E-state index contributed by atoms with van der Waals surface area (Å²) < 4.78 is 0. The van der Waals surface area contributed by atoms with Crippen molar-refractivity contribution < 1.29 is 9.90 Å². The molecule has 0 saturated carbocycles. The van der Waals surface area contributed by atoms with Crippen molar-refractivity contribution >= 4 is 16.8 Å². The summed E-state index contributed by atoms with van der Waals surface area (Å²) in [5, 5.41) is 9.94. The molecule has 0 aliphatic heterocycles. The van der Waals surface area contributed by atoms with Crippen LogP contribution in [0.5, 0.6) is 0 Å². The van der Waals surface area contributed by atoms with E-state index in [1.54, 1.807) is 31.1 Å². The van der Waals surface area contributed by atoms with Gasteiger partial charge in [-0.2, -0.15) is 0 Å². The summed E-state index contributed by atoms with van der Waals surface area (Å²) >= 11 is 0. The Kier molecular flexibility index (Phi) is 3.58. The van der Waals surface area contributed by atoms with Gasteiger partial charge in [-0.1, -0.05) is 18.2 Å². The fraction of sp³-hybridized carbons (Fsp3) is 0.286. The van der Waals surface area contributed by atoms with Gasteiger partial charge in [0.25, 0.3) is 5.91 Å². The fourth-order valence-electron chi connectivity index (χ4n) is 1.79. The average molecular weight is 244 g/mol. The van der Waals surface area contributed by atoms with Gasteiger partial charge in [0.15, 0.2) is 0 Å². The van der Waals surface area contributed by atoms with Gasteiger partial charge < -0.3 is 10.0 Å². The van der Waals surface area contributed by atoms with Crippen LogP contribution in [-0.4, -0.2) is 40.6 Å².